The summed E-state index contributed by atoms with van der Waals surface area (Å²) in [6.45, 7) is 6.52. The highest BCUT2D eigenvalue weighted by atomic mass is 32.2. The van der Waals surface area contributed by atoms with Crippen molar-refractivity contribution in [3.05, 3.63) is 54.0 Å². The Morgan fingerprint density at radius 2 is 1.93 bits per heavy atom. The number of hydrogen-bond donors (Lipinski definition) is 0. The number of ether oxygens (including phenoxy) is 1. The van der Waals surface area contributed by atoms with Crippen LogP contribution >= 0.6 is 11.8 Å². The van der Waals surface area contributed by atoms with E-state index in [1.54, 1.807) is 6.26 Å². The van der Waals surface area contributed by atoms with E-state index in [-0.39, 0.29) is 11.9 Å². The van der Waals surface area contributed by atoms with Gasteiger partial charge in [-0.25, -0.2) is 0 Å². The Kier molecular flexibility index (Phi) is 6.01. The molecule has 0 radical (unpaired) electrons. The number of hydrogen-bond acceptors (Lipinski definition) is 6. The van der Waals surface area contributed by atoms with Crippen molar-refractivity contribution in [1.29, 1.82) is 0 Å². The summed E-state index contributed by atoms with van der Waals surface area (Å²) in [5.41, 5.74) is 2.06. The van der Waals surface area contributed by atoms with Crippen molar-refractivity contribution in [2.45, 2.75) is 25.0 Å². The third-order valence-corrected chi connectivity index (χ3v) is 6.05. The Balaban J connectivity index is 1.62. The Labute approximate surface area is 174 Å². The number of nitrogens with zero attached hydrogens (tertiary/aromatic N) is 4. The summed E-state index contributed by atoms with van der Waals surface area (Å²) >= 11 is 1.42. The van der Waals surface area contributed by atoms with Gasteiger partial charge in [0.1, 0.15) is 5.76 Å². The minimum Gasteiger partial charge on any atom is -0.469 e. The zero-order valence-electron chi connectivity index (χ0n) is 16.6. The monoisotopic (exact) mass is 412 g/mol. The Bertz CT molecular complexity index is 963. The van der Waals surface area contributed by atoms with Gasteiger partial charge in [0.05, 0.1) is 36.8 Å². The molecule has 0 saturated carbocycles. The lowest BCUT2D eigenvalue weighted by atomic mass is 10.1. The quantitative estimate of drug-likeness (QED) is 0.578. The van der Waals surface area contributed by atoms with Gasteiger partial charge < -0.3 is 14.1 Å². The predicted molar refractivity (Wildman–Crippen MR) is 111 cm³/mol. The van der Waals surface area contributed by atoms with Gasteiger partial charge in [-0.2, -0.15) is 0 Å². The van der Waals surface area contributed by atoms with Gasteiger partial charge in [-0.15, -0.1) is 10.2 Å². The molecule has 0 bridgehead atoms. The molecule has 1 amide bonds. The van der Waals surface area contributed by atoms with Gasteiger partial charge in [0, 0.05) is 13.1 Å². The number of carbonyl (C=O) groups excluding carboxylic acids is 1. The third-order valence-electron chi connectivity index (χ3n) is 5.12. The highest BCUT2D eigenvalue weighted by Crippen LogP contribution is 2.32. The van der Waals surface area contributed by atoms with E-state index in [2.05, 4.69) is 33.8 Å². The molecule has 29 heavy (non-hydrogen) atoms. The van der Waals surface area contributed by atoms with Crippen molar-refractivity contribution in [3.8, 4) is 11.4 Å². The summed E-state index contributed by atoms with van der Waals surface area (Å²) in [6.07, 6.45) is 1.66. The molecule has 1 aliphatic rings. The minimum atomic E-state index is 0.0106. The number of morpholine rings is 1. The zero-order chi connectivity index (χ0) is 20.2. The van der Waals surface area contributed by atoms with Gasteiger partial charge >= 0.3 is 0 Å². The van der Waals surface area contributed by atoms with Gasteiger partial charge in [0.25, 0.3) is 0 Å². The topological polar surface area (TPSA) is 73.4 Å². The van der Waals surface area contributed by atoms with Crippen molar-refractivity contribution in [2.75, 3.05) is 32.1 Å². The average molecular weight is 413 g/mol. The lowest BCUT2D eigenvalue weighted by Gasteiger charge is -2.26. The fourth-order valence-electron chi connectivity index (χ4n) is 3.44. The van der Waals surface area contributed by atoms with Gasteiger partial charge in [-0.3, -0.25) is 9.36 Å². The van der Waals surface area contributed by atoms with E-state index in [4.69, 9.17) is 9.15 Å². The van der Waals surface area contributed by atoms with Crippen LogP contribution in [0.1, 0.15) is 24.3 Å². The Morgan fingerprint density at radius 3 is 2.62 bits per heavy atom. The molecular formula is C21H24N4O3S. The highest BCUT2D eigenvalue weighted by molar-refractivity contribution is 7.99. The average Bonchev–Trinajstić information content (AvgIpc) is 3.38. The van der Waals surface area contributed by atoms with Crippen LogP contribution in [0.3, 0.4) is 0 Å². The zero-order valence-corrected chi connectivity index (χ0v) is 17.4. The van der Waals surface area contributed by atoms with Crippen molar-refractivity contribution >= 4 is 17.7 Å². The standard InChI is InChI=1S/C21H24N4O3S/c1-15(17-6-4-3-5-7-17)25-20(18-8-11-28-16(18)2)22-23-21(25)29-14-19(26)24-9-12-27-13-10-24/h3-8,11,15H,9-10,12-14H2,1-2H3. The first-order valence-electron chi connectivity index (χ1n) is 9.68. The maximum absolute atomic E-state index is 12.6. The predicted octanol–water partition coefficient (Wildman–Crippen LogP) is 3.41. The second-order valence-electron chi connectivity index (χ2n) is 6.94. The molecule has 1 atom stereocenters. The van der Waals surface area contributed by atoms with E-state index < -0.39 is 0 Å². The largest absolute Gasteiger partial charge is 0.469 e. The lowest BCUT2D eigenvalue weighted by molar-refractivity contribution is -0.132. The fourth-order valence-corrected chi connectivity index (χ4v) is 4.35. The molecule has 1 fully saturated rings. The number of aromatic nitrogens is 3. The molecular weight excluding hydrogens is 388 g/mol. The van der Waals surface area contributed by atoms with Crippen LogP contribution < -0.4 is 0 Å². The first kappa shape index (κ1) is 19.7. The van der Waals surface area contributed by atoms with E-state index in [0.29, 0.717) is 32.1 Å². The van der Waals surface area contributed by atoms with Crippen molar-refractivity contribution in [1.82, 2.24) is 19.7 Å². The van der Waals surface area contributed by atoms with Crippen molar-refractivity contribution in [2.24, 2.45) is 0 Å². The molecule has 0 aliphatic carbocycles. The molecule has 0 N–H and O–H groups in total. The molecule has 7 nitrogen and oxygen atoms in total. The summed E-state index contributed by atoms with van der Waals surface area (Å²) in [4.78, 5) is 14.4. The molecule has 0 spiro atoms. The smallest absolute Gasteiger partial charge is 0.233 e. The van der Waals surface area contributed by atoms with Crippen LogP contribution in [0.4, 0.5) is 0 Å². The SMILES string of the molecule is Cc1occc1-c1nnc(SCC(=O)N2CCOCC2)n1C(C)c1ccccc1. The van der Waals surface area contributed by atoms with E-state index in [9.17, 15) is 4.79 Å². The Morgan fingerprint density at radius 1 is 1.17 bits per heavy atom. The number of benzene rings is 1. The van der Waals surface area contributed by atoms with Crippen LogP contribution in [0, 0.1) is 6.92 Å². The molecule has 1 unspecified atom stereocenters. The summed E-state index contributed by atoms with van der Waals surface area (Å²) in [7, 11) is 0. The number of furan rings is 1. The molecule has 4 rings (SSSR count). The van der Waals surface area contributed by atoms with Crippen LogP contribution in [0.15, 0.2) is 52.2 Å². The maximum Gasteiger partial charge on any atom is 0.233 e. The maximum atomic E-state index is 12.6. The summed E-state index contributed by atoms with van der Waals surface area (Å²) in [5.74, 6) is 1.96. The van der Waals surface area contributed by atoms with Crippen molar-refractivity contribution in [3.63, 3.8) is 0 Å². The Hall–Kier alpha value is -2.58. The normalized spacial score (nSPS) is 15.4. The van der Waals surface area contributed by atoms with E-state index >= 15 is 0 Å². The van der Waals surface area contributed by atoms with Crippen LogP contribution in [-0.4, -0.2) is 57.6 Å². The van der Waals surface area contributed by atoms with E-state index in [1.165, 1.54) is 11.8 Å². The minimum absolute atomic E-state index is 0.0106. The molecule has 1 aliphatic heterocycles. The van der Waals surface area contributed by atoms with Crippen LogP contribution in [-0.2, 0) is 9.53 Å². The molecule has 152 valence electrons. The first-order chi connectivity index (χ1) is 14.1. The molecule has 3 aromatic rings. The summed E-state index contributed by atoms with van der Waals surface area (Å²) in [6, 6.07) is 12.1. The number of carbonyl (C=O) groups is 1. The summed E-state index contributed by atoms with van der Waals surface area (Å²) < 4.78 is 12.9. The molecule has 8 heteroatoms. The van der Waals surface area contributed by atoms with Crippen LogP contribution in [0.2, 0.25) is 0 Å². The van der Waals surface area contributed by atoms with E-state index in [0.717, 1.165) is 27.9 Å². The highest BCUT2D eigenvalue weighted by Gasteiger charge is 2.24. The van der Waals surface area contributed by atoms with Gasteiger partial charge in [0.15, 0.2) is 11.0 Å². The number of rotatable bonds is 6. The van der Waals surface area contributed by atoms with Gasteiger partial charge in [-0.1, -0.05) is 42.1 Å². The number of thioether (sulfide) groups is 1. The molecule has 1 aromatic carbocycles. The first-order valence-corrected chi connectivity index (χ1v) is 10.7. The number of amides is 1. The second-order valence-corrected chi connectivity index (χ2v) is 7.88. The molecule has 1 saturated heterocycles. The van der Waals surface area contributed by atoms with E-state index in [1.807, 2.05) is 36.1 Å². The lowest BCUT2D eigenvalue weighted by Crippen LogP contribution is -2.41. The third kappa shape index (κ3) is 4.23. The second kappa shape index (κ2) is 8.84. The molecule has 2 aromatic heterocycles. The van der Waals surface area contributed by atoms with Gasteiger partial charge in [0.2, 0.25) is 5.91 Å². The van der Waals surface area contributed by atoms with Crippen molar-refractivity contribution < 1.29 is 13.9 Å². The summed E-state index contributed by atoms with van der Waals surface area (Å²) in [5, 5.41) is 9.58. The van der Waals surface area contributed by atoms with Crippen LogP contribution in [0.25, 0.3) is 11.4 Å². The van der Waals surface area contributed by atoms with Crippen LogP contribution in [0.5, 0.6) is 0 Å². The number of aryl methyl sites for hydroxylation is 1. The van der Waals surface area contributed by atoms with Gasteiger partial charge in [-0.05, 0) is 25.5 Å². The molecule has 3 heterocycles. The fraction of sp³-hybridized carbons (Fsp3) is 0.381.